The lowest BCUT2D eigenvalue weighted by atomic mass is 10.1. The molecule has 1 amide bonds. The van der Waals surface area contributed by atoms with Gasteiger partial charge in [0.25, 0.3) is 5.91 Å². The fourth-order valence-electron chi connectivity index (χ4n) is 3.46. The lowest BCUT2D eigenvalue weighted by molar-refractivity contribution is -0.121. The molecule has 1 aliphatic rings. The van der Waals surface area contributed by atoms with E-state index in [-0.39, 0.29) is 5.91 Å². The molecule has 0 N–H and O–H groups in total. The van der Waals surface area contributed by atoms with Gasteiger partial charge in [-0.3, -0.25) is 14.7 Å². The van der Waals surface area contributed by atoms with Crippen molar-refractivity contribution in [2.45, 2.75) is 13.5 Å². The van der Waals surface area contributed by atoms with Crippen molar-refractivity contribution in [1.29, 1.82) is 0 Å². The van der Waals surface area contributed by atoms with E-state index in [0.717, 1.165) is 15.6 Å². The number of rotatable bonds is 6. The third kappa shape index (κ3) is 4.69. The van der Waals surface area contributed by atoms with E-state index in [2.05, 4.69) is 51.3 Å². The topological polar surface area (TPSA) is 51.1 Å². The first-order chi connectivity index (χ1) is 15.5. The molecule has 0 atom stereocenters. The van der Waals surface area contributed by atoms with Gasteiger partial charge in [-0.15, -0.1) is 0 Å². The summed E-state index contributed by atoms with van der Waals surface area (Å²) in [6.45, 7) is 2.85. The van der Waals surface area contributed by atoms with Gasteiger partial charge in [-0.25, -0.2) is 0 Å². The average Bonchev–Trinajstić information content (AvgIpc) is 3.06. The molecular weight excluding hydrogens is 488 g/mol. The molecule has 7 heteroatoms. The number of likely N-dealkylation sites (N-methyl/N-ethyl adjacent to an activating group) is 1. The van der Waals surface area contributed by atoms with Crippen LogP contribution in [0.25, 0.3) is 16.8 Å². The smallest absolute Gasteiger partial charge is 0.266 e. The molecule has 0 aliphatic carbocycles. The summed E-state index contributed by atoms with van der Waals surface area (Å²) in [5.74, 6) is 1.20. The van der Waals surface area contributed by atoms with Crippen LogP contribution < -0.4 is 9.47 Å². The number of thioether (sulfide) groups is 1. The van der Waals surface area contributed by atoms with Gasteiger partial charge >= 0.3 is 0 Å². The summed E-state index contributed by atoms with van der Waals surface area (Å²) in [7, 11) is 3.41. The average molecular weight is 511 g/mol. The lowest BCUT2D eigenvalue weighted by Crippen LogP contribution is -2.23. The van der Waals surface area contributed by atoms with Crippen molar-refractivity contribution in [3.63, 3.8) is 0 Å². The zero-order chi connectivity index (χ0) is 22.7. The van der Waals surface area contributed by atoms with Crippen LogP contribution >= 0.6 is 27.7 Å². The Morgan fingerprint density at radius 1 is 1.09 bits per heavy atom. The van der Waals surface area contributed by atoms with Gasteiger partial charge in [0.05, 0.1) is 16.0 Å². The maximum absolute atomic E-state index is 12.5. The number of fused-ring (bicyclic) bond motifs is 1. The van der Waals surface area contributed by atoms with Crippen LogP contribution in [0.2, 0.25) is 0 Å². The van der Waals surface area contributed by atoms with Crippen molar-refractivity contribution in [3.8, 4) is 11.5 Å². The number of ether oxygens (including phenoxy) is 2. The Labute approximate surface area is 200 Å². The number of hydrogen-bond acceptors (Lipinski definition) is 5. The molecule has 0 saturated carbocycles. The van der Waals surface area contributed by atoms with Crippen LogP contribution in [0.5, 0.6) is 11.5 Å². The highest BCUT2D eigenvalue weighted by molar-refractivity contribution is 9.10. The van der Waals surface area contributed by atoms with Crippen LogP contribution in [0, 0.1) is 0 Å². The van der Waals surface area contributed by atoms with Crippen molar-refractivity contribution >= 4 is 55.6 Å². The number of benzene rings is 3. The van der Waals surface area contributed by atoms with Crippen molar-refractivity contribution < 1.29 is 14.3 Å². The maximum atomic E-state index is 12.5. The quantitative estimate of drug-likeness (QED) is 0.375. The van der Waals surface area contributed by atoms with E-state index in [9.17, 15) is 4.79 Å². The summed E-state index contributed by atoms with van der Waals surface area (Å²) in [6, 6.07) is 18.4. The SMILES string of the molecule is CCOc1cc(/C=C2\SC(=NC)N(C)C2=O)cc(Br)c1OCc1ccc2ccccc2c1. The second-order valence-corrected chi connectivity index (χ2v) is 9.08. The van der Waals surface area contributed by atoms with Crippen LogP contribution in [-0.4, -0.2) is 36.7 Å². The molecule has 32 heavy (non-hydrogen) atoms. The number of aliphatic imine (C=N–C) groups is 1. The molecule has 3 aromatic carbocycles. The Morgan fingerprint density at radius 2 is 1.88 bits per heavy atom. The standard InChI is InChI=1S/C25H23BrN2O3S/c1-4-30-21-13-17(14-22-24(29)28(3)25(27-2)32-22)12-20(26)23(21)31-15-16-9-10-18-7-5-6-8-19(18)11-16/h5-14H,4,15H2,1-3H3/b22-14-,27-25?. The Hall–Kier alpha value is -2.77. The first-order valence-electron chi connectivity index (χ1n) is 10.2. The molecule has 0 bridgehead atoms. The molecule has 1 saturated heterocycles. The zero-order valence-electron chi connectivity index (χ0n) is 18.1. The second kappa shape index (κ2) is 9.79. The van der Waals surface area contributed by atoms with E-state index >= 15 is 0 Å². The van der Waals surface area contributed by atoms with Crippen LogP contribution in [0.3, 0.4) is 0 Å². The van der Waals surface area contributed by atoms with Gasteiger partial charge in [0.2, 0.25) is 0 Å². The molecule has 0 spiro atoms. The number of halogens is 1. The highest BCUT2D eigenvalue weighted by atomic mass is 79.9. The Bertz CT molecular complexity index is 1240. The minimum Gasteiger partial charge on any atom is -0.490 e. The molecule has 1 aliphatic heterocycles. The van der Waals surface area contributed by atoms with E-state index in [1.807, 2.05) is 37.3 Å². The van der Waals surface area contributed by atoms with Crippen molar-refractivity contribution in [2.75, 3.05) is 20.7 Å². The Morgan fingerprint density at radius 3 is 2.59 bits per heavy atom. The number of carbonyl (C=O) groups is 1. The van der Waals surface area contributed by atoms with E-state index in [4.69, 9.17) is 9.47 Å². The Balaban J connectivity index is 1.60. The molecule has 0 radical (unpaired) electrons. The van der Waals surface area contributed by atoms with Crippen LogP contribution in [-0.2, 0) is 11.4 Å². The number of carbonyl (C=O) groups excluding carboxylic acids is 1. The predicted octanol–water partition coefficient (Wildman–Crippen LogP) is 6.11. The Kier molecular flexibility index (Phi) is 6.86. The summed E-state index contributed by atoms with van der Waals surface area (Å²) < 4.78 is 12.8. The predicted molar refractivity (Wildman–Crippen MR) is 135 cm³/mol. The second-order valence-electron chi connectivity index (χ2n) is 7.21. The molecule has 3 aromatic rings. The van der Waals surface area contributed by atoms with Gasteiger partial charge in [-0.1, -0.05) is 36.4 Å². The molecule has 0 unspecified atom stereocenters. The van der Waals surface area contributed by atoms with E-state index < -0.39 is 0 Å². The van der Waals surface area contributed by atoms with Crippen molar-refractivity contribution in [3.05, 3.63) is 75.1 Å². The van der Waals surface area contributed by atoms with E-state index in [1.54, 1.807) is 19.0 Å². The normalized spacial score (nSPS) is 16.4. The lowest BCUT2D eigenvalue weighted by Gasteiger charge is -2.15. The zero-order valence-corrected chi connectivity index (χ0v) is 20.5. The van der Waals surface area contributed by atoms with E-state index in [1.165, 1.54) is 22.5 Å². The molecule has 5 nitrogen and oxygen atoms in total. The molecule has 164 valence electrons. The number of hydrogen-bond donors (Lipinski definition) is 0. The van der Waals surface area contributed by atoms with Gasteiger partial charge < -0.3 is 9.47 Å². The van der Waals surface area contributed by atoms with Gasteiger partial charge in [0, 0.05) is 14.1 Å². The highest BCUT2D eigenvalue weighted by Crippen LogP contribution is 2.39. The van der Waals surface area contributed by atoms with Crippen molar-refractivity contribution in [2.24, 2.45) is 4.99 Å². The molecular formula is C25H23BrN2O3S. The number of nitrogens with zero attached hydrogens (tertiary/aromatic N) is 2. The first kappa shape index (κ1) is 22.4. The minimum atomic E-state index is -0.0682. The monoisotopic (exact) mass is 510 g/mol. The molecule has 1 heterocycles. The van der Waals surface area contributed by atoms with Gasteiger partial charge in [0.1, 0.15) is 6.61 Å². The van der Waals surface area contributed by atoms with Gasteiger partial charge in [0.15, 0.2) is 16.7 Å². The third-order valence-corrected chi connectivity index (χ3v) is 6.76. The number of amides is 1. The summed E-state index contributed by atoms with van der Waals surface area (Å²) in [5, 5.41) is 3.06. The highest BCUT2D eigenvalue weighted by Gasteiger charge is 2.29. The maximum Gasteiger partial charge on any atom is 0.266 e. The van der Waals surface area contributed by atoms with E-state index in [0.29, 0.717) is 34.8 Å². The first-order valence-corrected chi connectivity index (χ1v) is 11.8. The summed E-state index contributed by atoms with van der Waals surface area (Å²) in [6.07, 6.45) is 1.85. The fraction of sp³-hybridized carbons (Fsp3) is 0.200. The summed E-state index contributed by atoms with van der Waals surface area (Å²) in [5.41, 5.74) is 1.92. The summed E-state index contributed by atoms with van der Waals surface area (Å²) >= 11 is 4.98. The molecule has 4 rings (SSSR count). The molecule has 1 fully saturated rings. The largest absolute Gasteiger partial charge is 0.490 e. The van der Waals surface area contributed by atoms with Gasteiger partial charge in [-0.05, 0) is 80.8 Å². The number of amidine groups is 1. The summed E-state index contributed by atoms with van der Waals surface area (Å²) in [4.78, 5) is 18.8. The van der Waals surface area contributed by atoms with Crippen LogP contribution in [0.4, 0.5) is 0 Å². The molecule has 0 aromatic heterocycles. The minimum absolute atomic E-state index is 0.0682. The third-order valence-electron chi connectivity index (χ3n) is 5.02. The van der Waals surface area contributed by atoms with Crippen molar-refractivity contribution in [1.82, 2.24) is 4.90 Å². The van der Waals surface area contributed by atoms with Crippen LogP contribution in [0.1, 0.15) is 18.1 Å². The van der Waals surface area contributed by atoms with Crippen LogP contribution in [0.15, 0.2) is 69.0 Å². The van der Waals surface area contributed by atoms with Gasteiger partial charge in [-0.2, -0.15) is 0 Å². The fourth-order valence-corrected chi connectivity index (χ4v) is 4.96.